The SMILES string of the molecule is O=C(Cc1ccc(-c2ccccc2)cc1)Cc1cc(N2CCOCC2)n2nccc2n1. The molecule has 1 aliphatic heterocycles. The van der Waals surface area contributed by atoms with E-state index in [1.54, 1.807) is 6.20 Å². The average molecular weight is 412 g/mol. The van der Waals surface area contributed by atoms with Gasteiger partial charge in [0.05, 0.1) is 25.1 Å². The molecule has 3 heterocycles. The number of aromatic nitrogens is 3. The second-order valence-electron chi connectivity index (χ2n) is 7.76. The Hall–Kier alpha value is -3.51. The van der Waals surface area contributed by atoms with Crippen LogP contribution in [0.2, 0.25) is 0 Å². The summed E-state index contributed by atoms with van der Waals surface area (Å²) < 4.78 is 7.31. The van der Waals surface area contributed by atoms with E-state index in [2.05, 4.69) is 39.2 Å². The highest BCUT2D eigenvalue weighted by Crippen LogP contribution is 2.21. The molecule has 0 radical (unpaired) electrons. The van der Waals surface area contributed by atoms with E-state index in [0.717, 1.165) is 41.4 Å². The number of hydrogen-bond acceptors (Lipinski definition) is 5. The van der Waals surface area contributed by atoms with Crippen LogP contribution in [0, 0.1) is 0 Å². The molecule has 1 fully saturated rings. The summed E-state index contributed by atoms with van der Waals surface area (Å²) in [6.45, 7) is 3.00. The normalized spacial score (nSPS) is 14.1. The van der Waals surface area contributed by atoms with Crippen molar-refractivity contribution in [3.63, 3.8) is 0 Å². The van der Waals surface area contributed by atoms with Crippen LogP contribution in [0.4, 0.5) is 5.82 Å². The molecular formula is C25H24N4O2. The van der Waals surface area contributed by atoms with Crippen LogP contribution in [0.25, 0.3) is 16.8 Å². The van der Waals surface area contributed by atoms with Crippen LogP contribution in [0.1, 0.15) is 11.3 Å². The summed E-state index contributed by atoms with van der Waals surface area (Å²) in [4.78, 5) is 19.7. The van der Waals surface area contributed by atoms with Crippen LogP contribution in [-0.2, 0) is 22.4 Å². The van der Waals surface area contributed by atoms with Gasteiger partial charge in [-0.2, -0.15) is 9.61 Å². The Labute approximate surface area is 181 Å². The van der Waals surface area contributed by atoms with E-state index in [0.29, 0.717) is 26.1 Å². The van der Waals surface area contributed by atoms with E-state index < -0.39 is 0 Å². The highest BCUT2D eigenvalue weighted by molar-refractivity contribution is 5.83. The molecule has 0 unspecified atom stereocenters. The van der Waals surface area contributed by atoms with E-state index in [-0.39, 0.29) is 5.78 Å². The van der Waals surface area contributed by atoms with Crippen molar-refractivity contribution in [3.8, 4) is 11.1 Å². The first kappa shape index (κ1) is 19.5. The van der Waals surface area contributed by atoms with Crippen LogP contribution < -0.4 is 4.90 Å². The number of Topliss-reactive ketones (excluding diaryl/α,β-unsaturated/α-hetero) is 1. The van der Waals surface area contributed by atoms with Crippen molar-refractivity contribution in [2.75, 3.05) is 31.2 Å². The number of carbonyl (C=O) groups excluding carboxylic acids is 1. The number of fused-ring (bicyclic) bond motifs is 1. The van der Waals surface area contributed by atoms with Gasteiger partial charge in [0.1, 0.15) is 11.6 Å². The molecule has 4 aromatic rings. The van der Waals surface area contributed by atoms with Gasteiger partial charge in [-0.05, 0) is 16.7 Å². The minimum absolute atomic E-state index is 0.150. The van der Waals surface area contributed by atoms with Crippen molar-refractivity contribution < 1.29 is 9.53 Å². The van der Waals surface area contributed by atoms with Crippen LogP contribution in [0.15, 0.2) is 72.9 Å². The lowest BCUT2D eigenvalue weighted by molar-refractivity contribution is -0.117. The molecule has 2 aromatic carbocycles. The van der Waals surface area contributed by atoms with Gasteiger partial charge in [0.2, 0.25) is 0 Å². The van der Waals surface area contributed by atoms with E-state index in [1.807, 2.05) is 47.0 Å². The van der Waals surface area contributed by atoms with Gasteiger partial charge in [-0.3, -0.25) is 4.79 Å². The van der Waals surface area contributed by atoms with Crippen LogP contribution in [-0.4, -0.2) is 46.7 Å². The molecule has 0 amide bonds. The van der Waals surface area contributed by atoms with Crippen molar-refractivity contribution in [2.45, 2.75) is 12.8 Å². The molecule has 2 aromatic heterocycles. The number of hydrogen-bond donors (Lipinski definition) is 0. The quantitative estimate of drug-likeness (QED) is 0.484. The van der Waals surface area contributed by atoms with Crippen molar-refractivity contribution >= 4 is 17.2 Å². The average Bonchev–Trinajstić information content (AvgIpc) is 3.29. The molecule has 6 heteroatoms. The molecule has 1 aliphatic rings. The number of nitrogens with zero attached hydrogens (tertiary/aromatic N) is 4. The standard InChI is InChI=1S/C25H24N4O2/c30-23(16-19-6-8-21(9-7-19)20-4-2-1-3-5-20)17-22-18-25(28-12-14-31-15-13-28)29-24(27-22)10-11-26-29/h1-11,18H,12-17H2. The number of carbonyl (C=O) groups is 1. The van der Waals surface area contributed by atoms with Gasteiger partial charge in [0.25, 0.3) is 0 Å². The first-order valence-electron chi connectivity index (χ1n) is 10.6. The maximum atomic E-state index is 12.8. The largest absolute Gasteiger partial charge is 0.378 e. The third-order valence-electron chi connectivity index (χ3n) is 5.57. The minimum atomic E-state index is 0.150. The lowest BCUT2D eigenvalue weighted by atomic mass is 10.0. The van der Waals surface area contributed by atoms with Gasteiger partial charge in [-0.25, -0.2) is 4.98 Å². The number of benzene rings is 2. The predicted molar refractivity (Wildman–Crippen MR) is 120 cm³/mol. The Kier molecular flexibility index (Phi) is 5.46. The Morgan fingerprint density at radius 1 is 0.903 bits per heavy atom. The number of anilines is 1. The van der Waals surface area contributed by atoms with Crippen molar-refractivity contribution in [3.05, 3.63) is 84.2 Å². The summed E-state index contributed by atoms with van der Waals surface area (Å²) in [5, 5.41) is 4.40. The Morgan fingerprint density at radius 2 is 1.65 bits per heavy atom. The number of ketones is 1. The number of rotatable bonds is 6. The van der Waals surface area contributed by atoms with E-state index in [1.165, 1.54) is 5.56 Å². The summed E-state index contributed by atoms with van der Waals surface area (Å²) in [5.74, 6) is 1.12. The molecule has 0 bridgehead atoms. The monoisotopic (exact) mass is 412 g/mol. The molecule has 31 heavy (non-hydrogen) atoms. The summed E-state index contributed by atoms with van der Waals surface area (Å²) in [5.41, 5.74) is 4.89. The van der Waals surface area contributed by atoms with Crippen LogP contribution >= 0.6 is 0 Å². The van der Waals surface area contributed by atoms with E-state index in [9.17, 15) is 4.79 Å². The molecule has 0 saturated carbocycles. The molecule has 156 valence electrons. The lowest BCUT2D eigenvalue weighted by Crippen LogP contribution is -2.37. The van der Waals surface area contributed by atoms with Gasteiger partial charge in [-0.15, -0.1) is 0 Å². The predicted octanol–water partition coefficient (Wildman–Crippen LogP) is 3.59. The summed E-state index contributed by atoms with van der Waals surface area (Å²) in [6.07, 6.45) is 2.44. The molecule has 5 rings (SSSR count). The highest BCUT2D eigenvalue weighted by Gasteiger charge is 2.17. The van der Waals surface area contributed by atoms with Gasteiger partial charge in [-0.1, -0.05) is 54.6 Å². The first-order chi connectivity index (χ1) is 15.3. The molecule has 0 atom stereocenters. The zero-order chi connectivity index (χ0) is 21.0. The van der Waals surface area contributed by atoms with Crippen molar-refractivity contribution in [1.29, 1.82) is 0 Å². The minimum Gasteiger partial charge on any atom is -0.378 e. The third kappa shape index (κ3) is 4.34. The van der Waals surface area contributed by atoms with Gasteiger partial charge >= 0.3 is 0 Å². The van der Waals surface area contributed by atoms with Gasteiger partial charge in [0, 0.05) is 38.1 Å². The molecule has 1 saturated heterocycles. The van der Waals surface area contributed by atoms with Gasteiger partial charge in [0.15, 0.2) is 5.65 Å². The highest BCUT2D eigenvalue weighted by atomic mass is 16.5. The van der Waals surface area contributed by atoms with Crippen LogP contribution in [0.5, 0.6) is 0 Å². The summed E-state index contributed by atoms with van der Waals surface area (Å²) in [6, 6.07) is 22.3. The van der Waals surface area contributed by atoms with E-state index in [4.69, 9.17) is 4.74 Å². The number of morpholine rings is 1. The fraction of sp³-hybridized carbons (Fsp3) is 0.240. The first-order valence-corrected chi connectivity index (χ1v) is 10.6. The molecule has 0 aliphatic carbocycles. The maximum Gasteiger partial charge on any atom is 0.157 e. The Bertz CT molecular complexity index is 1180. The van der Waals surface area contributed by atoms with E-state index >= 15 is 0 Å². The summed E-state index contributed by atoms with van der Waals surface area (Å²) in [7, 11) is 0. The zero-order valence-corrected chi connectivity index (χ0v) is 17.3. The maximum absolute atomic E-state index is 12.8. The van der Waals surface area contributed by atoms with Crippen LogP contribution in [0.3, 0.4) is 0 Å². The molecule has 0 spiro atoms. The smallest absolute Gasteiger partial charge is 0.157 e. The molecular weight excluding hydrogens is 388 g/mol. The fourth-order valence-corrected chi connectivity index (χ4v) is 3.99. The van der Waals surface area contributed by atoms with Gasteiger partial charge < -0.3 is 9.64 Å². The molecule has 6 nitrogen and oxygen atoms in total. The molecule has 0 N–H and O–H groups in total. The summed E-state index contributed by atoms with van der Waals surface area (Å²) >= 11 is 0. The fourth-order valence-electron chi connectivity index (χ4n) is 3.99. The topological polar surface area (TPSA) is 59.7 Å². The Balaban J connectivity index is 1.31. The number of ether oxygens (including phenoxy) is 1. The Morgan fingerprint density at radius 3 is 2.42 bits per heavy atom. The van der Waals surface area contributed by atoms with Crippen molar-refractivity contribution in [1.82, 2.24) is 14.6 Å². The zero-order valence-electron chi connectivity index (χ0n) is 17.3. The second-order valence-corrected chi connectivity index (χ2v) is 7.76. The lowest BCUT2D eigenvalue weighted by Gasteiger charge is -2.29. The third-order valence-corrected chi connectivity index (χ3v) is 5.57. The second kappa shape index (κ2) is 8.70. The van der Waals surface area contributed by atoms with Crippen molar-refractivity contribution in [2.24, 2.45) is 0 Å².